The molecule has 2 aromatic carbocycles. The molecule has 0 radical (unpaired) electrons. The Morgan fingerprint density at radius 3 is 2.75 bits per heavy atom. The van der Waals surface area contributed by atoms with Crippen molar-refractivity contribution in [3.05, 3.63) is 63.9 Å². The lowest BCUT2D eigenvalue weighted by Gasteiger charge is -2.08. The molecule has 0 atom stereocenters. The molecule has 1 N–H and O–H groups in total. The van der Waals surface area contributed by atoms with E-state index in [4.69, 9.17) is 16.9 Å². The highest BCUT2D eigenvalue weighted by Gasteiger charge is 2.12. The molecule has 2 rings (SSSR count). The fourth-order valence-electron chi connectivity index (χ4n) is 1.80. The molecule has 1 amide bonds. The van der Waals surface area contributed by atoms with E-state index in [-0.39, 0.29) is 11.3 Å². The minimum absolute atomic E-state index is 0.134. The number of nitrogens with zero attached hydrogens (tertiary/aromatic N) is 1. The molecule has 0 aliphatic rings. The predicted molar refractivity (Wildman–Crippen MR) is 75.3 cm³/mol. The van der Waals surface area contributed by atoms with Crippen molar-refractivity contribution in [1.29, 1.82) is 5.26 Å². The number of nitriles is 1. The molecular weight excluding hydrogens is 279 g/mol. The molecule has 0 saturated carbocycles. The topological polar surface area (TPSA) is 52.9 Å². The van der Waals surface area contributed by atoms with Crippen LogP contribution in [0.25, 0.3) is 0 Å². The number of nitrogens with one attached hydrogen (secondary N) is 1. The van der Waals surface area contributed by atoms with Gasteiger partial charge in [0.15, 0.2) is 0 Å². The second-order valence-electron chi connectivity index (χ2n) is 4.25. The number of benzene rings is 2. The third-order valence-electron chi connectivity index (χ3n) is 2.68. The quantitative estimate of drug-likeness (QED) is 0.911. The van der Waals surface area contributed by atoms with E-state index in [0.29, 0.717) is 10.6 Å². The summed E-state index contributed by atoms with van der Waals surface area (Å²) in [6, 6.07) is 10.7. The Bertz CT molecular complexity index is 702. The lowest BCUT2D eigenvalue weighted by atomic mass is 10.1. The Labute approximate surface area is 120 Å². The molecule has 0 aromatic heterocycles. The molecule has 100 valence electrons. The van der Waals surface area contributed by atoms with Gasteiger partial charge in [-0.25, -0.2) is 4.39 Å². The minimum atomic E-state index is -0.674. The first kappa shape index (κ1) is 14.0. The Hall–Kier alpha value is -2.38. The Kier molecular flexibility index (Phi) is 4.02. The molecule has 0 fully saturated rings. The number of amides is 1. The zero-order valence-electron chi connectivity index (χ0n) is 10.6. The van der Waals surface area contributed by atoms with Crippen LogP contribution in [0.15, 0.2) is 36.4 Å². The number of halogens is 2. The molecule has 0 saturated heterocycles. The van der Waals surface area contributed by atoms with Crippen LogP contribution in [0, 0.1) is 24.1 Å². The number of aryl methyl sites for hydroxylation is 1. The van der Waals surface area contributed by atoms with Crippen LogP contribution in [0.3, 0.4) is 0 Å². The molecule has 0 aliphatic heterocycles. The summed E-state index contributed by atoms with van der Waals surface area (Å²) in [5, 5.41) is 11.9. The second-order valence-corrected chi connectivity index (χ2v) is 4.68. The van der Waals surface area contributed by atoms with E-state index in [1.165, 1.54) is 18.2 Å². The summed E-state index contributed by atoms with van der Waals surface area (Å²) in [4.78, 5) is 12.1. The van der Waals surface area contributed by atoms with Gasteiger partial charge in [0.05, 0.1) is 5.69 Å². The van der Waals surface area contributed by atoms with Crippen LogP contribution >= 0.6 is 11.6 Å². The Balaban J connectivity index is 2.33. The van der Waals surface area contributed by atoms with Crippen LogP contribution in [0.2, 0.25) is 5.02 Å². The standard InChI is InChI=1S/C15H10ClFN2O/c1-9-5-10(7-11(16)6-9)15(20)19-14-4-2-3-13(17)12(14)8-18/h2-7H,1H3,(H,19,20). The van der Waals surface area contributed by atoms with E-state index in [0.717, 1.165) is 11.6 Å². The number of hydrogen-bond donors (Lipinski definition) is 1. The molecule has 0 spiro atoms. The van der Waals surface area contributed by atoms with Gasteiger partial charge in [0.2, 0.25) is 0 Å². The van der Waals surface area contributed by atoms with Crippen molar-refractivity contribution in [2.24, 2.45) is 0 Å². The molecule has 0 bridgehead atoms. The van der Waals surface area contributed by atoms with Gasteiger partial charge in [-0.1, -0.05) is 17.7 Å². The van der Waals surface area contributed by atoms with Crippen molar-refractivity contribution in [3.8, 4) is 6.07 Å². The number of anilines is 1. The van der Waals surface area contributed by atoms with Crippen molar-refractivity contribution < 1.29 is 9.18 Å². The first-order valence-corrected chi connectivity index (χ1v) is 6.16. The highest BCUT2D eigenvalue weighted by molar-refractivity contribution is 6.31. The van der Waals surface area contributed by atoms with Crippen LogP contribution in [-0.2, 0) is 0 Å². The SMILES string of the molecule is Cc1cc(Cl)cc(C(=O)Nc2cccc(F)c2C#N)c1. The molecule has 20 heavy (non-hydrogen) atoms. The Morgan fingerprint density at radius 1 is 1.35 bits per heavy atom. The zero-order chi connectivity index (χ0) is 14.7. The van der Waals surface area contributed by atoms with Gasteiger partial charge >= 0.3 is 0 Å². The van der Waals surface area contributed by atoms with Crippen LogP contribution in [0.4, 0.5) is 10.1 Å². The predicted octanol–water partition coefficient (Wildman–Crippen LogP) is 3.91. The summed E-state index contributed by atoms with van der Waals surface area (Å²) >= 11 is 5.89. The van der Waals surface area contributed by atoms with E-state index < -0.39 is 11.7 Å². The van der Waals surface area contributed by atoms with Crippen molar-refractivity contribution in [1.82, 2.24) is 0 Å². The lowest BCUT2D eigenvalue weighted by molar-refractivity contribution is 0.102. The largest absolute Gasteiger partial charge is 0.321 e. The summed E-state index contributed by atoms with van der Waals surface area (Å²) in [7, 11) is 0. The second kappa shape index (κ2) is 5.72. The maximum atomic E-state index is 13.4. The molecule has 0 unspecified atom stereocenters. The van der Waals surface area contributed by atoms with Crippen LogP contribution in [0.1, 0.15) is 21.5 Å². The van der Waals surface area contributed by atoms with Crippen molar-refractivity contribution >= 4 is 23.2 Å². The highest BCUT2D eigenvalue weighted by Crippen LogP contribution is 2.20. The fourth-order valence-corrected chi connectivity index (χ4v) is 2.09. The van der Waals surface area contributed by atoms with E-state index in [9.17, 15) is 9.18 Å². The van der Waals surface area contributed by atoms with Crippen molar-refractivity contribution in [2.75, 3.05) is 5.32 Å². The maximum absolute atomic E-state index is 13.4. The van der Waals surface area contributed by atoms with E-state index >= 15 is 0 Å². The van der Waals surface area contributed by atoms with Crippen LogP contribution in [-0.4, -0.2) is 5.91 Å². The van der Waals surface area contributed by atoms with Crippen molar-refractivity contribution in [3.63, 3.8) is 0 Å². The summed E-state index contributed by atoms with van der Waals surface area (Å²) in [6.45, 7) is 1.81. The van der Waals surface area contributed by atoms with Crippen LogP contribution < -0.4 is 5.32 Å². The van der Waals surface area contributed by atoms with Gasteiger partial charge in [0, 0.05) is 10.6 Å². The average Bonchev–Trinajstić information content (AvgIpc) is 2.37. The maximum Gasteiger partial charge on any atom is 0.255 e. The summed E-state index contributed by atoms with van der Waals surface area (Å²) in [6.07, 6.45) is 0. The summed E-state index contributed by atoms with van der Waals surface area (Å²) in [5.74, 6) is -1.12. The molecular formula is C15H10ClFN2O. The minimum Gasteiger partial charge on any atom is -0.321 e. The Morgan fingerprint density at radius 2 is 2.10 bits per heavy atom. The van der Waals surface area contributed by atoms with Gasteiger partial charge in [0.1, 0.15) is 17.4 Å². The molecule has 0 aliphatic carbocycles. The zero-order valence-corrected chi connectivity index (χ0v) is 11.3. The first-order chi connectivity index (χ1) is 9.51. The van der Waals surface area contributed by atoms with Crippen molar-refractivity contribution in [2.45, 2.75) is 6.92 Å². The first-order valence-electron chi connectivity index (χ1n) is 5.78. The molecule has 2 aromatic rings. The van der Waals surface area contributed by atoms with Crippen LogP contribution in [0.5, 0.6) is 0 Å². The van der Waals surface area contributed by atoms with E-state index in [2.05, 4.69) is 5.32 Å². The number of carbonyl (C=O) groups excluding carboxylic acids is 1. The van der Waals surface area contributed by atoms with Gasteiger partial charge < -0.3 is 5.32 Å². The van der Waals surface area contributed by atoms with E-state index in [1.807, 2.05) is 6.92 Å². The van der Waals surface area contributed by atoms with Gasteiger partial charge in [-0.15, -0.1) is 0 Å². The highest BCUT2D eigenvalue weighted by atomic mass is 35.5. The fraction of sp³-hybridized carbons (Fsp3) is 0.0667. The number of carbonyl (C=O) groups is 1. The monoisotopic (exact) mass is 288 g/mol. The number of hydrogen-bond acceptors (Lipinski definition) is 2. The molecule has 0 heterocycles. The third-order valence-corrected chi connectivity index (χ3v) is 2.90. The lowest BCUT2D eigenvalue weighted by Crippen LogP contribution is -2.13. The normalized spacial score (nSPS) is 9.90. The van der Waals surface area contributed by atoms with Gasteiger partial charge in [-0.2, -0.15) is 5.26 Å². The van der Waals surface area contributed by atoms with Gasteiger partial charge in [-0.05, 0) is 42.8 Å². The summed E-state index contributed by atoms with van der Waals surface area (Å²) < 4.78 is 13.4. The average molecular weight is 289 g/mol. The number of rotatable bonds is 2. The summed E-state index contributed by atoms with van der Waals surface area (Å²) in [5.41, 5.74) is 1.13. The third kappa shape index (κ3) is 2.95. The molecule has 3 nitrogen and oxygen atoms in total. The van der Waals surface area contributed by atoms with E-state index in [1.54, 1.807) is 18.2 Å². The van der Waals surface area contributed by atoms with Gasteiger partial charge in [-0.3, -0.25) is 4.79 Å². The molecule has 5 heteroatoms. The van der Waals surface area contributed by atoms with Gasteiger partial charge in [0.25, 0.3) is 5.91 Å². The smallest absolute Gasteiger partial charge is 0.255 e.